The third-order valence-corrected chi connectivity index (χ3v) is 8.00. The Morgan fingerprint density at radius 1 is 0.907 bits per heavy atom. The number of piperidine rings is 2. The summed E-state index contributed by atoms with van der Waals surface area (Å²) in [6.45, 7) is 1.80. The second-order valence-electron chi connectivity index (χ2n) is 11.1. The first-order valence-electron chi connectivity index (χ1n) is 14.4. The van der Waals surface area contributed by atoms with Crippen LogP contribution in [0, 0.1) is 11.8 Å². The maximum Gasteiger partial charge on any atom is 0.451 e. The molecular weight excluding hydrogens is 580 g/mol. The van der Waals surface area contributed by atoms with Gasteiger partial charge < -0.3 is 20.2 Å². The van der Waals surface area contributed by atoms with Gasteiger partial charge in [-0.3, -0.25) is 9.59 Å². The van der Waals surface area contributed by atoms with Crippen LogP contribution in [0.25, 0.3) is 0 Å². The summed E-state index contributed by atoms with van der Waals surface area (Å²) in [5, 5.41) is 11.6. The number of benzene rings is 1. The summed E-state index contributed by atoms with van der Waals surface area (Å²) in [7, 11) is 0. The van der Waals surface area contributed by atoms with Crippen LogP contribution in [0.4, 0.5) is 38.0 Å². The summed E-state index contributed by atoms with van der Waals surface area (Å²) >= 11 is 0. The fraction of sp³-hybridized carbons (Fsp3) is 0.586. The second-order valence-corrected chi connectivity index (χ2v) is 11.1. The normalized spacial score (nSPS) is 18.5. The molecule has 0 spiro atoms. The van der Waals surface area contributed by atoms with Crippen LogP contribution in [0.5, 0.6) is 0 Å². The van der Waals surface area contributed by atoms with Crippen molar-refractivity contribution in [3.63, 3.8) is 0 Å². The number of nitrogens with zero attached hydrogens (tertiary/aromatic N) is 4. The van der Waals surface area contributed by atoms with Crippen LogP contribution < -0.4 is 15.1 Å². The van der Waals surface area contributed by atoms with E-state index in [1.165, 1.54) is 18.2 Å². The maximum absolute atomic E-state index is 13.8. The number of carbonyl (C=O) groups is 2. The summed E-state index contributed by atoms with van der Waals surface area (Å²) in [5.74, 6) is -2.28. The topological polar surface area (TPSA) is 98.7 Å². The molecule has 1 unspecified atom stereocenters. The molecular formula is C29H35F6N5O3. The largest absolute Gasteiger partial charge is 0.481 e. The lowest BCUT2D eigenvalue weighted by Crippen LogP contribution is -2.44. The average Bonchev–Trinajstić information content (AvgIpc) is 2.96. The van der Waals surface area contributed by atoms with Gasteiger partial charge in [-0.05, 0) is 68.6 Å². The fourth-order valence-electron chi connectivity index (χ4n) is 5.60. The first-order valence-corrected chi connectivity index (χ1v) is 14.4. The van der Waals surface area contributed by atoms with E-state index in [9.17, 15) is 35.9 Å². The third-order valence-electron chi connectivity index (χ3n) is 8.00. The number of carbonyl (C=O) groups excluding carboxylic acids is 1. The molecule has 2 fully saturated rings. The van der Waals surface area contributed by atoms with Crippen molar-refractivity contribution in [2.75, 3.05) is 42.5 Å². The minimum Gasteiger partial charge on any atom is -0.481 e. The number of carboxylic acid groups (broad SMARTS) is 1. The van der Waals surface area contributed by atoms with Crippen LogP contribution in [0.3, 0.4) is 0 Å². The molecule has 0 bridgehead atoms. The number of aromatic nitrogens is 2. The Kier molecular flexibility index (Phi) is 10.4. The van der Waals surface area contributed by atoms with Crippen molar-refractivity contribution in [2.24, 2.45) is 11.8 Å². The van der Waals surface area contributed by atoms with Gasteiger partial charge in [0.25, 0.3) is 0 Å². The molecule has 0 aliphatic carbocycles. The molecule has 2 N–H and O–H groups in total. The zero-order chi connectivity index (χ0) is 31.2. The van der Waals surface area contributed by atoms with Crippen molar-refractivity contribution in [1.29, 1.82) is 0 Å². The highest BCUT2D eigenvalue weighted by Gasteiger charge is 2.37. The molecule has 2 aliphatic heterocycles. The van der Waals surface area contributed by atoms with Crippen molar-refractivity contribution in [1.82, 2.24) is 15.3 Å². The van der Waals surface area contributed by atoms with E-state index in [-0.39, 0.29) is 37.1 Å². The molecule has 2 aromatic rings. The summed E-state index contributed by atoms with van der Waals surface area (Å²) in [5.41, 5.74) is -0.113. The Hall–Kier alpha value is -3.58. The molecule has 43 heavy (non-hydrogen) atoms. The summed E-state index contributed by atoms with van der Waals surface area (Å²) in [6, 6.07) is 6.25. The molecule has 236 valence electrons. The van der Waals surface area contributed by atoms with Gasteiger partial charge in [-0.2, -0.15) is 26.3 Å². The molecule has 2 aliphatic rings. The van der Waals surface area contributed by atoms with E-state index in [4.69, 9.17) is 5.11 Å². The smallest absolute Gasteiger partial charge is 0.451 e. The minimum atomic E-state index is -4.76. The van der Waals surface area contributed by atoms with Gasteiger partial charge in [-0.15, -0.1) is 0 Å². The third kappa shape index (κ3) is 9.20. The standard InChI is InChI=1S/C29H35F6N5O3/c30-28(31,32)22-8-6-20(7-9-22)10-13-36-26(43)21-4-2-14-40(18-21)24-17-23(37-27(38-24)29(33,34)35)39-15-11-19(12-16-39)3-1-5-25(41)42/h6-9,17,19,21H,1-5,10-16,18H2,(H,36,43)(H,41,42). The van der Waals surface area contributed by atoms with E-state index >= 15 is 0 Å². The highest BCUT2D eigenvalue weighted by molar-refractivity contribution is 5.79. The second kappa shape index (κ2) is 13.8. The summed E-state index contributed by atoms with van der Waals surface area (Å²) in [4.78, 5) is 34.8. The highest BCUT2D eigenvalue weighted by atomic mass is 19.4. The van der Waals surface area contributed by atoms with E-state index in [0.29, 0.717) is 56.8 Å². The lowest BCUT2D eigenvalue weighted by atomic mass is 9.91. The van der Waals surface area contributed by atoms with E-state index in [1.54, 1.807) is 9.80 Å². The predicted molar refractivity (Wildman–Crippen MR) is 147 cm³/mol. The molecule has 14 heteroatoms. The lowest BCUT2D eigenvalue weighted by Gasteiger charge is -2.35. The minimum absolute atomic E-state index is 0.0957. The van der Waals surface area contributed by atoms with Crippen LogP contribution in [-0.2, 0) is 28.4 Å². The number of carboxylic acids is 1. The van der Waals surface area contributed by atoms with E-state index in [2.05, 4.69) is 15.3 Å². The van der Waals surface area contributed by atoms with Gasteiger partial charge in [0.05, 0.1) is 11.5 Å². The monoisotopic (exact) mass is 615 g/mol. The van der Waals surface area contributed by atoms with E-state index < -0.39 is 35.6 Å². The van der Waals surface area contributed by atoms with Gasteiger partial charge in [0.15, 0.2) is 0 Å². The van der Waals surface area contributed by atoms with Gasteiger partial charge >= 0.3 is 18.3 Å². The Balaban J connectivity index is 1.36. The first kappa shape index (κ1) is 32.3. The van der Waals surface area contributed by atoms with Crippen LogP contribution in [0.2, 0.25) is 0 Å². The molecule has 0 saturated carbocycles. The number of anilines is 2. The Bertz CT molecular complexity index is 1250. The fourth-order valence-corrected chi connectivity index (χ4v) is 5.60. The van der Waals surface area contributed by atoms with Crippen LogP contribution in [0.1, 0.15) is 61.9 Å². The number of rotatable bonds is 10. The van der Waals surface area contributed by atoms with Crippen molar-refractivity contribution in [3.05, 3.63) is 47.3 Å². The van der Waals surface area contributed by atoms with Crippen molar-refractivity contribution >= 4 is 23.5 Å². The SMILES string of the molecule is O=C(O)CCCC1CCN(c2cc(N3CCCC(C(=O)NCCc4ccc(C(F)(F)F)cc4)C3)nc(C(F)(F)F)n2)CC1. The lowest BCUT2D eigenvalue weighted by molar-refractivity contribution is -0.145. The van der Waals surface area contributed by atoms with Gasteiger partial charge in [0.1, 0.15) is 11.6 Å². The zero-order valence-electron chi connectivity index (χ0n) is 23.6. The van der Waals surface area contributed by atoms with Gasteiger partial charge in [0.2, 0.25) is 11.7 Å². The van der Waals surface area contributed by atoms with Gasteiger partial charge in [0, 0.05) is 45.2 Å². The van der Waals surface area contributed by atoms with Crippen LogP contribution in [0.15, 0.2) is 30.3 Å². The van der Waals surface area contributed by atoms with Crippen molar-refractivity contribution < 1.29 is 41.0 Å². The molecule has 8 nitrogen and oxygen atoms in total. The Labute approximate surface area is 245 Å². The number of alkyl halides is 6. The number of aliphatic carboxylic acids is 1. The Morgan fingerprint density at radius 3 is 2.16 bits per heavy atom. The molecule has 3 heterocycles. The number of nitrogens with one attached hydrogen (secondary N) is 1. The van der Waals surface area contributed by atoms with Crippen LogP contribution in [-0.4, -0.2) is 59.7 Å². The molecule has 1 amide bonds. The number of hydrogen-bond donors (Lipinski definition) is 2. The summed E-state index contributed by atoms with van der Waals surface area (Å²) in [6.07, 6.45) is -4.88. The first-order chi connectivity index (χ1) is 20.3. The predicted octanol–water partition coefficient (Wildman–Crippen LogP) is 5.56. The zero-order valence-corrected chi connectivity index (χ0v) is 23.6. The molecule has 1 aromatic heterocycles. The summed E-state index contributed by atoms with van der Waals surface area (Å²) < 4.78 is 79.6. The average molecular weight is 616 g/mol. The highest BCUT2D eigenvalue weighted by Crippen LogP contribution is 2.34. The number of amides is 1. The number of halogens is 6. The van der Waals surface area contributed by atoms with Gasteiger partial charge in [-0.1, -0.05) is 12.1 Å². The van der Waals surface area contributed by atoms with Gasteiger partial charge in [-0.25, -0.2) is 9.97 Å². The van der Waals surface area contributed by atoms with E-state index in [0.717, 1.165) is 31.4 Å². The Morgan fingerprint density at radius 2 is 1.56 bits per heavy atom. The van der Waals surface area contributed by atoms with Crippen molar-refractivity contribution in [3.8, 4) is 0 Å². The molecule has 1 atom stereocenters. The quantitative estimate of drug-likeness (QED) is 0.338. The maximum atomic E-state index is 13.8. The molecule has 4 rings (SSSR count). The molecule has 0 radical (unpaired) electrons. The molecule has 2 saturated heterocycles. The van der Waals surface area contributed by atoms with Crippen LogP contribution >= 0.6 is 0 Å². The number of hydrogen-bond acceptors (Lipinski definition) is 6. The van der Waals surface area contributed by atoms with Crippen molar-refractivity contribution in [2.45, 2.75) is 63.7 Å². The van der Waals surface area contributed by atoms with E-state index in [1.807, 2.05) is 0 Å². The molecule has 1 aromatic carbocycles.